The van der Waals surface area contributed by atoms with Gasteiger partial charge in [0.25, 0.3) is 13.4 Å². The van der Waals surface area contributed by atoms with Crippen LogP contribution in [0.15, 0.2) is 394 Å². The first kappa shape index (κ1) is 65.6. The molecule has 0 bridgehead atoms. The zero-order valence-corrected chi connectivity index (χ0v) is 68.0. The summed E-state index contributed by atoms with van der Waals surface area (Å²) in [4.78, 5) is 7.44. The van der Waals surface area contributed by atoms with E-state index in [0.29, 0.717) is 11.3 Å². The minimum atomic E-state index is -0.593. The molecule has 4 heterocycles. The second kappa shape index (κ2) is 26.8. The van der Waals surface area contributed by atoms with Crippen LogP contribution in [0.4, 0.5) is 51.2 Å². The quantitative estimate of drug-likeness (QED) is 0.134. The zero-order chi connectivity index (χ0) is 85.1. The van der Waals surface area contributed by atoms with Crippen LogP contribution in [0, 0.1) is 0 Å². The predicted molar refractivity (Wildman–Crippen MR) is 510 cm³/mol. The number of benzene rings is 18. The summed E-state index contributed by atoms with van der Waals surface area (Å²) < 4.78 is 56.8. The Bertz CT molecular complexity index is 7460. The number of nitrogens with zero attached hydrogens (tertiary/aromatic N) is 3. The lowest BCUT2D eigenvalue weighted by Crippen LogP contribution is -2.64. The fourth-order valence-electron chi connectivity index (χ4n) is 21.3. The third-order valence-electron chi connectivity index (χ3n) is 26.6. The Balaban J connectivity index is 0.825. The Morgan fingerprint density at radius 3 is 1.22 bits per heavy atom. The molecule has 6 aliphatic rings. The van der Waals surface area contributed by atoms with E-state index in [2.05, 4.69) is 420 Å². The number of anilines is 9. The summed E-state index contributed by atoms with van der Waals surface area (Å²) in [6, 6.07) is 132. The fourth-order valence-corrected chi connectivity index (χ4v) is 21.3. The van der Waals surface area contributed by atoms with Gasteiger partial charge in [-0.15, -0.1) is 0 Å². The van der Waals surface area contributed by atoms with Crippen LogP contribution < -0.4 is 52.2 Å². The summed E-state index contributed by atoms with van der Waals surface area (Å²) in [5, 5.41) is 2.12. The number of fused-ring (bicyclic) bond motifs is 20. The van der Waals surface area contributed by atoms with E-state index in [1.807, 2.05) is 0 Å². The standard InChI is InChI=1S/C115H83B2N3O/c1-113(2,3)80-66-89(73-38-15-8-16-39-73)110(90(67-80)74-40-17-9-18-41-74)119-101-59-34-32-57-97(101)116-98-70-99-105(71-102(98)120(104-64-78(63-103(119)108(104)116)72-36-13-7-14-37-72)111-91(75-42-19-10-20-43-75)68-81(114(4,5)6)69-92(111)76-44-21-11-22-45-76)121-106-65-79-62-77(60-61-84(79)112-109(106)117(99)96-56-31-33-58-100(96)118(112)82-46-23-12-24-47-82)83-51-35-52-88-87-50-27-30-55-95(87)115(107(83)88)93-53-28-25-48-85(93)86-49-26-29-54-94(86)115/h7-71H,1-6H3/i7D,13D,14D,36D,37D. The Kier molecular flexibility index (Phi) is 14.5. The highest BCUT2D eigenvalue weighted by Gasteiger charge is 2.54. The molecule has 0 radical (unpaired) electrons. The second-order valence-electron chi connectivity index (χ2n) is 35.3. The zero-order valence-electron chi connectivity index (χ0n) is 73.0. The van der Waals surface area contributed by atoms with Gasteiger partial charge in [0.15, 0.2) is 0 Å². The number of ether oxygens (including phenoxy) is 1. The van der Waals surface area contributed by atoms with E-state index < -0.39 is 30.3 Å². The van der Waals surface area contributed by atoms with Crippen molar-refractivity contribution in [1.29, 1.82) is 0 Å². The number of rotatable bonds is 9. The molecule has 2 aliphatic carbocycles. The maximum atomic E-state index is 10.2. The van der Waals surface area contributed by atoms with Crippen LogP contribution in [0.1, 0.15) is 81.8 Å². The van der Waals surface area contributed by atoms with Crippen molar-refractivity contribution in [2.24, 2.45) is 0 Å². The van der Waals surface area contributed by atoms with Crippen LogP contribution in [0.5, 0.6) is 11.5 Å². The highest BCUT2D eigenvalue weighted by Crippen LogP contribution is 2.65. The van der Waals surface area contributed by atoms with Crippen molar-refractivity contribution in [3.05, 3.63) is 428 Å². The van der Waals surface area contributed by atoms with E-state index in [4.69, 9.17) is 6.11 Å². The average molecular weight is 1550 g/mol. The van der Waals surface area contributed by atoms with Crippen LogP contribution in [0.25, 0.3) is 99.8 Å². The minimum Gasteiger partial charge on any atom is -0.458 e. The van der Waals surface area contributed by atoms with Crippen LogP contribution in [-0.2, 0) is 16.2 Å². The molecule has 121 heavy (non-hydrogen) atoms. The van der Waals surface area contributed by atoms with Gasteiger partial charge in [-0.1, -0.05) is 357 Å². The predicted octanol–water partition coefficient (Wildman–Crippen LogP) is 26.3. The van der Waals surface area contributed by atoms with Crippen molar-refractivity contribution in [3.63, 3.8) is 0 Å². The lowest BCUT2D eigenvalue weighted by atomic mass is 9.30. The Morgan fingerprint density at radius 2 is 0.711 bits per heavy atom. The largest absolute Gasteiger partial charge is 0.458 e. The molecular formula is C115H83B2N3O. The van der Waals surface area contributed by atoms with Gasteiger partial charge < -0.3 is 19.4 Å². The van der Waals surface area contributed by atoms with E-state index in [1.54, 1.807) is 0 Å². The fraction of sp³-hybridized carbons (Fsp3) is 0.0783. The highest BCUT2D eigenvalue weighted by atomic mass is 16.5. The Hall–Kier alpha value is -14.5. The smallest absolute Gasteiger partial charge is 0.256 e. The normalized spacial score (nSPS) is 14.3. The SMILES string of the molecule is [2H]c1c([2H])c([2H])c(-c2cc3c4c(c2)N(c2c(-c5ccccc5)cc(C(C)(C)C)cc2-c2ccccc2)c2cc5c(cc2B4c2ccccc2N3c2c(-c3ccccc3)cc(C(C)(C)C)cc2-c2ccccc2)B2c3ccccc3N(c3ccccc3)c3c2c(cc2cc(-c4cccc6c4C4(c7ccccc7-c7ccccc74)c4ccccc4-6)ccc32)O5)c([2H])c1[2H]. The molecule has 0 saturated carbocycles. The number of para-hydroxylation sites is 3. The van der Waals surface area contributed by atoms with Crippen molar-refractivity contribution in [3.8, 4) is 101 Å². The van der Waals surface area contributed by atoms with Gasteiger partial charge in [-0.25, -0.2) is 0 Å². The summed E-state index contributed by atoms with van der Waals surface area (Å²) >= 11 is 0. The molecule has 18 aromatic carbocycles. The highest BCUT2D eigenvalue weighted by molar-refractivity contribution is 7.02. The molecule has 18 aromatic rings. The van der Waals surface area contributed by atoms with Crippen molar-refractivity contribution >= 4 is 108 Å². The van der Waals surface area contributed by atoms with Crippen LogP contribution in [-0.4, -0.2) is 13.4 Å². The Labute approximate surface area is 715 Å². The van der Waals surface area contributed by atoms with Crippen LogP contribution in [0.2, 0.25) is 0 Å². The van der Waals surface area contributed by atoms with Gasteiger partial charge in [-0.2, -0.15) is 0 Å². The summed E-state index contributed by atoms with van der Waals surface area (Å²) in [5.41, 5.74) is 36.8. The second-order valence-corrected chi connectivity index (χ2v) is 35.3. The first-order chi connectivity index (χ1) is 61.4. The van der Waals surface area contributed by atoms with Gasteiger partial charge >= 0.3 is 0 Å². The molecule has 0 aromatic heterocycles. The lowest BCUT2D eigenvalue weighted by molar-refractivity contribution is 0.488. The van der Waals surface area contributed by atoms with Crippen LogP contribution in [0.3, 0.4) is 0 Å². The third kappa shape index (κ3) is 10.5. The molecule has 0 atom stereocenters. The van der Waals surface area contributed by atoms with Gasteiger partial charge in [-0.05, 0) is 222 Å². The van der Waals surface area contributed by atoms with Gasteiger partial charge in [-0.3, -0.25) is 0 Å². The van der Waals surface area contributed by atoms with Gasteiger partial charge in [0.05, 0.1) is 29.3 Å². The third-order valence-corrected chi connectivity index (χ3v) is 26.6. The maximum Gasteiger partial charge on any atom is 0.256 e. The van der Waals surface area contributed by atoms with E-state index in [0.717, 1.165) is 162 Å². The molecule has 0 unspecified atom stereocenters. The van der Waals surface area contributed by atoms with Gasteiger partial charge in [0.2, 0.25) is 0 Å². The molecule has 1 spiro atoms. The molecule has 0 N–H and O–H groups in total. The molecule has 24 rings (SSSR count). The van der Waals surface area contributed by atoms with Crippen molar-refractivity contribution in [2.45, 2.75) is 57.8 Å². The van der Waals surface area contributed by atoms with Crippen molar-refractivity contribution < 1.29 is 11.6 Å². The minimum absolute atomic E-state index is 0.0954. The van der Waals surface area contributed by atoms with E-state index in [1.165, 1.54) is 50.1 Å². The van der Waals surface area contributed by atoms with E-state index in [9.17, 15) is 5.48 Å². The molecule has 0 saturated heterocycles. The summed E-state index contributed by atoms with van der Waals surface area (Å²) in [6.45, 7) is 12.8. The Morgan fingerprint density at radius 1 is 0.281 bits per heavy atom. The lowest BCUT2D eigenvalue weighted by Gasteiger charge is -2.47. The average Bonchev–Trinajstić information content (AvgIpc) is 1.53. The summed E-state index contributed by atoms with van der Waals surface area (Å²) in [5.74, 6) is 1.45. The maximum absolute atomic E-state index is 10.2. The number of hydrogen-bond donors (Lipinski definition) is 0. The summed E-state index contributed by atoms with van der Waals surface area (Å²) in [6.07, 6.45) is 0. The first-order valence-electron chi connectivity index (χ1n) is 44.8. The van der Waals surface area contributed by atoms with Gasteiger partial charge in [0, 0.05) is 67.8 Å². The van der Waals surface area contributed by atoms with E-state index in [-0.39, 0.29) is 35.2 Å². The van der Waals surface area contributed by atoms with Gasteiger partial charge in [0.1, 0.15) is 11.5 Å². The summed E-state index contributed by atoms with van der Waals surface area (Å²) in [7, 11) is 0. The number of hydrogen-bond acceptors (Lipinski definition) is 4. The first-order valence-corrected chi connectivity index (χ1v) is 42.3. The molecule has 4 aliphatic heterocycles. The molecular weight excluding hydrogens is 1460 g/mol. The topological polar surface area (TPSA) is 19.0 Å². The molecule has 4 nitrogen and oxygen atoms in total. The van der Waals surface area contributed by atoms with Crippen LogP contribution >= 0.6 is 0 Å². The van der Waals surface area contributed by atoms with Crippen molar-refractivity contribution in [2.75, 3.05) is 14.7 Å². The molecule has 6 heteroatoms. The molecule has 0 fully saturated rings. The monoisotopic (exact) mass is 1550 g/mol. The molecule has 0 amide bonds. The van der Waals surface area contributed by atoms with E-state index >= 15 is 0 Å². The molecule has 570 valence electrons. The van der Waals surface area contributed by atoms with Crippen molar-refractivity contribution in [1.82, 2.24) is 0 Å².